The number of amides is 1. The number of piperazine rings is 1. The standard InChI is InChI=1S/C17H23ClFN3O/c18-15-11-14(19)5-4-13(15)12-21-7-9-22(10-8-21)17(23)16-3-1-2-6-20-16/h4-5,11,16,20H,1-3,6-10,12H2. The Bertz CT molecular complexity index is 555. The van der Waals surface area contributed by atoms with Crippen LogP contribution < -0.4 is 5.32 Å². The lowest BCUT2D eigenvalue weighted by Crippen LogP contribution is -2.54. The molecule has 4 nitrogen and oxygen atoms in total. The van der Waals surface area contributed by atoms with Crippen molar-refractivity contribution in [1.82, 2.24) is 15.1 Å². The molecule has 0 radical (unpaired) electrons. The maximum atomic E-state index is 13.1. The van der Waals surface area contributed by atoms with E-state index in [9.17, 15) is 9.18 Å². The minimum absolute atomic E-state index is 0.00171. The fourth-order valence-corrected chi connectivity index (χ4v) is 3.53. The molecule has 0 bridgehead atoms. The van der Waals surface area contributed by atoms with E-state index in [1.807, 2.05) is 4.90 Å². The smallest absolute Gasteiger partial charge is 0.239 e. The first-order chi connectivity index (χ1) is 11.1. The van der Waals surface area contributed by atoms with Gasteiger partial charge in [-0.3, -0.25) is 9.69 Å². The van der Waals surface area contributed by atoms with E-state index in [-0.39, 0.29) is 17.8 Å². The van der Waals surface area contributed by atoms with E-state index in [1.54, 1.807) is 6.07 Å². The van der Waals surface area contributed by atoms with Gasteiger partial charge in [-0.25, -0.2) is 4.39 Å². The molecule has 0 saturated carbocycles. The molecule has 126 valence electrons. The third kappa shape index (κ3) is 4.22. The van der Waals surface area contributed by atoms with Crippen LogP contribution in [0.1, 0.15) is 24.8 Å². The highest BCUT2D eigenvalue weighted by Gasteiger charge is 2.28. The van der Waals surface area contributed by atoms with E-state index in [4.69, 9.17) is 11.6 Å². The largest absolute Gasteiger partial charge is 0.339 e. The zero-order valence-corrected chi connectivity index (χ0v) is 14.0. The summed E-state index contributed by atoms with van der Waals surface area (Å²) in [5.41, 5.74) is 0.932. The van der Waals surface area contributed by atoms with Crippen LogP contribution in [0, 0.1) is 5.82 Å². The number of hydrogen-bond acceptors (Lipinski definition) is 3. The van der Waals surface area contributed by atoms with Crippen molar-refractivity contribution in [3.05, 3.63) is 34.6 Å². The molecule has 6 heteroatoms. The molecule has 3 rings (SSSR count). The predicted molar refractivity (Wildman–Crippen MR) is 88.9 cm³/mol. The molecule has 2 aliphatic heterocycles. The number of carbonyl (C=O) groups is 1. The van der Waals surface area contributed by atoms with Crippen molar-refractivity contribution in [3.63, 3.8) is 0 Å². The summed E-state index contributed by atoms with van der Waals surface area (Å²) in [6.45, 7) is 4.78. The van der Waals surface area contributed by atoms with Crippen molar-refractivity contribution >= 4 is 17.5 Å². The molecule has 1 amide bonds. The van der Waals surface area contributed by atoms with Gasteiger partial charge in [0.05, 0.1) is 6.04 Å². The lowest BCUT2D eigenvalue weighted by atomic mass is 10.0. The lowest BCUT2D eigenvalue weighted by molar-refractivity contribution is -0.135. The highest BCUT2D eigenvalue weighted by atomic mass is 35.5. The van der Waals surface area contributed by atoms with E-state index in [2.05, 4.69) is 10.2 Å². The molecule has 1 aromatic rings. The number of rotatable bonds is 3. The van der Waals surface area contributed by atoms with Gasteiger partial charge in [0.25, 0.3) is 0 Å². The second-order valence-electron chi connectivity index (χ2n) is 6.34. The normalized spacial score (nSPS) is 23.0. The van der Waals surface area contributed by atoms with Gasteiger partial charge in [-0.15, -0.1) is 0 Å². The Hall–Kier alpha value is -1.17. The number of nitrogens with zero attached hydrogens (tertiary/aromatic N) is 2. The van der Waals surface area contributed by atoms with Crippen LogP contribution in [0.5, 0.6) is 0 Å². The van der Waals surface area contributed by atoms with Crippen molar-refractivity contribution < 1.29 is 9.18 Å². The summed E-state index contributed by atoms with van der Waals surface area (Å²) in [6, 6.07) is 4.53. The Morgan fingerprint density at radius 2 is 2.04 bits per heavy atom. The first-order valence-electron chi connectivity index (χ1n) is 8.32. The fraction of sp³-hybridized carbons (Fsp3) is 0.588. The number of nitrogens with one attached hydrogen (secondary N) is 1. The maximum Gasteiger partial charge on any atom is 0.239 e. The van der Waals surface area contributed by atoms with Crippen molar-refractivity contribution in [2.45, 2.75) is 31.8 Å². The van der Waals surface area contributed by atoms with Crippen molar-refractivity contribution in [3.8, 4) is 0 Å². The van der Waals surface area contributed by atoms with Crippen LogP contribution in [0.3, 0.4) is 0 Å². The Morgan fingerprint density at radius 1 is 1.26 bits per heavy atom. The molecule has 1 atom stereocenters. The number of piperidine rings is 1. The van der Waals surface area contributed by atoms with E-state index in [0.717, 1.165) is 57.5 Å². The average Bonchev–Trinajstić information content (AvgIpc) is 2.58. The number of benzene rings is 1. The molecule has 0 spiro atoms. The second kappa shape index (κ2) is 7.60. The molecule has 0 aromatic heterocycles. The van der Waals surface area contributed by atoms with Crippen LogP contribution in [0.4, 0.5) is 4.39 Å². The van der Waals surface area contributed by atoms with Gasteiger partial charge in [0.2, 0.25) is 5.91 Å². The first kappa shape index (κ1) is 16.7. The maximum absolute atomic E-state index is 13.1. The van der Waals surface area contributed by atoms with Gasteiger partial charge in [0.1, 0.15) is 5.82 Å². The third-order valence-corrected chi connectivity index (χ3v) is 5.05. The van der Waals surface area contributed by atoms with Crippen molar-refractivity contribution in [2.75, 3.05) is 32.7 Å². The number of halogens is 2. The summed E-state index contributed by atoms with van der Waals surface area (Å²) in [6.07, 6.45) is 3.24. The predicted octanol–water partition coefficient (Wildman–Crippen LogP) is 2.27. The molecular weight excluding hydrogens is 317 g/mol. The average molecular weight is 340 g/mol. The van der Waals surface area contributed by atoms with Gasteiger partial charge < -0.3 is 10.2 Å². The molecule has 0 aliphatic carbocycles. The van der Waals surface area contributed by atoms with Crippen molar-refractivity contribution in [1.29, 1.82) is 0 Å². The molecular formula is C17H23ClFN3O. The lowest BCUT2D eigenvalue weighted by Gasteiger charge is -2.37. The molecule has 23 heavy (non-hydrogen) atoms. The molecule has 1 aromatic carbocycles. The number of hydrogen-bond donors (Lipinski definition) is 1. The molecule has 1 N–H and O–H groups in total. The van der Waals surface area contributed by atoms with Gasteiger partial charge in [-0.2, -0.15) is 0 Å². The summed E-state index contributed by atoms with van der Waals surface area (Å²) in [5, 5.41) is 3.79. The Balaban J connectivity index is 1.51. The Morgan fingerprint density at radius 3 is 2.70 bits per heavy atom. The van der Waals surface area contributed by atoms with E-state index in [1.165, 1.54) is 12.1 Å². The van der Waals surface area contributed by atoms with Crippen LogP contribution in [-0.2, 0) is 11.3 Å². The zero-order valence-electron chi connectivity index (χ0n) is 13.2. The minimum atomic E-state index is -0.311. The van der Waals surface area contributed by atoms with Crippen molar-refractivity contribution in [2.24, 2.45) is 0 Å². The van der Waals surface area contributed by atoms with Crippen LogP contribution in [0.25, 0.3) is 0 Å². The first-order valence-corrected chi connectivity index (χ1v) is 8.70. The van der Waals surface area contributed by atoms with E-state index in [0.29, 0.717) is 11.6 Å². The zero-order chi connectivity index (χ0) is 16.2. The summed E-state index contributed by atoms with van der Waals surface area (Å²) in [7, 11) is 0. The summed E-state index contributed by atoms with van der Waals surface area (Å²) in [5.74, 6) is -0.0710. The molecule has 2 heterocycles. The summed E-state index contributed by atoms with van der Waals surface area (Å²) < 4.78 is 13.1. The second-order valence-corrected chi connectivity index (χ2v) is 6.75. The summed E-state index contributed by atoms with van der Waals surface area (Å²) >= 11 is 6.09. The SMILES string of the molecule is O=C(C1CCCCN1)N1CCN(Cc2ccc(F)cc2Cl)CC1. The highest BCUT2D eigenvalue weighted by Crippen LogP contribution is 2.20. The third-order valence-electron chi connectivity index (χ3n) is 4.70. The Labute approximate surface area is 141 Å². The summed E-state index contributed by atoms with van der Waals surface area (Å²) in [4.78, 5) is 16.7. The monoisotopic (exact) mass is 339 g/mol. The molecule has 2 aliphatic rings. The van der Waals surface area contributed by atoms with E-state index >= 15 is 0 Å². The van der Waals surface area contributed by atoms with Gasteiger partial charge >= 0.3 is 0 Å². The number of carbonyl (C=O) groups excluding carboxylic acids is 1. The van der Waals surface area contributed by atoms with Gasteiger partial charge in [-0.05, 0) is 37.1 Å². The van der Waals surface area contributed by atoms with Gasteiger partial charge in [0, 0.05) is 37.7 Å². The molecule has 2 saturated heterocycles. The van der Waals surface area contributed by atoms with E-state index < -0.39 is 0 Å². The molecule has 2 fully saturated rings. The van der Waals surface area contributed by atoms with Gasteiger partial charge in [-0.1, -0.05) is 24.1 Å². The van der Waals surface area contributed by atoms with Crippen LogP contribution in [-0.4, -0.2) is 54.5 Å². The quantitative estimate of drug-likeness (QED) is 0.917. The Kier molecular flexibility index (Phi) is 5.51. The van der Waals surface area contributed by atoms with Gasteiger partial charge in [0.15, 0.2) is 0 Å². The molecule has 1 unspecified atom stereocenters. The highest BCUT2D eigenvalue weighted by molar-refractivity contribution is 6.31. The van der Waals surface area contributed by atoms with Crippen LogP contribution in [0.15, 0.2) is 18.2 Å². The van der Waals surface area contributed by atoms with Crippen LogP contribution >= 0.6 is 11.6 Å². The van der Waals surface area contributed by atoms with Crippen LogP contribution in [0.2, 0.25) is 5.02 Å². The minimum Gasteiger partial charge on any atom is -0.339 e. The fourth-order valence-electron chi connectivity index (χ4n) is 3.30. The topological polar surface area (TPSA) is 35.6 Å².